The fourth-order valence-electron chi connectivity index (χ4n) is 1.72. The molecule has 0 aromatic heterocycles. The van der Waals surface area contributed by atoms with Gasteiger partial charge in [-0.25, -0.2) is 0 Å². The third kappa shape index (κ3) is 22.8. The molecule has 0 fully saturated rings. The summed E-state index contributed by atoms with van der Waals surface area (Å²) < 4.78 is 0. The van der Waals surface area contributed by atoms with Gasteiger partial charge in [-0.3, -0.25) is 0 Å². The molecule has 2 heteroatoms. The van der Waals surface area contributed by atoms with Crippen molar-refractivity contribution in [3.05, 3.63) is 19.1 Å². The Bertz CT molecular complexity index is 135. The summed E-state index contributed by atoms with van der Waals surface area (Å²) >= 11 is 0. The van der Waals surface area contributed by atoms with Gasteiger partial charge in [-0.15, -0.1) is 0 Å². The molecule has 0 bridgehead atoms. The van der Waals surface area contributed by atoms with Crippen molar-refractivity contribution in [2.24, 2.45) is 0 Å². The molecule has 98 valence electrons. The van der Waals surface area contributed by atoms with Crippen LogP contribution in [0.2, 0.25) is 0 Å². The van der Waals surface area contributed by atoms with Gasteiger partial charge in [0.25, 0.3) is 0 Å². The molecule has 0 heterocycles. The fraction of sp³-hybridized carbons (Fsp3) is 0.800. The molecule has 0 N–H and O–H groups in total. The maximum absolute atomic E-state index is 3.85. The Morgan fingerprint density at radius 3 is 1.71 bits per heavy atom. The molecule has 0 unspecified atom stereocenters. The van der Waals surface area contributed by atoms with E-state index in [4.69, 9.17) is 0 Å². The Morgan fingerprint density at radius 2 is 1.24 bits per heavy atom. The number of unbranched alkanes of at least 4 members (excludes halogenated alkanes) is 9. The van der Waals surface area contributed by atoms with Crippen LogP contribution in [-0.2, 0) is 0 Å². The van der Waals surface area contributed by atoms with Crippen molar-refractivity contribution < 1.29 is 24.0 Å². The largest absolute Gasteiger partial charge is 2.00 e. The third-order valence-electron chi connectivity index (χ3n) is 2.76. The van der Waals surface area contributed by atoms with Crippen LogP contribution in [0.1, 0.15) is 77.6 Å². The van der Waals surface area contributed by atoms with Gasteiger partial charge in [0.2, 0.25) is 0 Å². The first-order chi connectivity index (χ1) is 7.41. The Morgan fingerprint density at radius 1 is 0.765 bits per heavy atom. The predicted molar refractivity (Wildman–Crippen MR) is 76.7 cm³/mol. The normalized spacial score (nSPS) is 10.0. The maximum atomic E-state index is 3.85. The minimum absolute atomic E-state index is 0. The molecular formula is C15H29IMg. The standard InChI is InChI=1S/C15H29.HI.Mg/c1-3-5-7-9-11-13-15-14-12-10-8-6-4-2;;/h14-15H,1,3-13H2,2H3;1H;/q-1;;+2/p-1/b15-14-;;. The van der Waals surface area contributed by atoms with E-state index in [-0.39, 0.29) is 47.0 Å². The Hall–Kier alpha value is 1.24. The number of rotatable bonds is 11. The molecular weight excluding hydrogens is 331 g/mol. The average Bonchev–Trinajstić information content (AvgIpc) is 2.26. The molecule has 0 saturated heterocycles. The maximum Gasteiger partial charge on any atom is 2.00 e. The van der Waals surface area contributed by atoms with Gasteiger partial charge in [0.15, 0.2) is 0 Å². The van der Waals surface area contributed by atoms with E-state index >= 15 is 0 Å². The van der Waals surface area contributed by atoms with Crippen molar-refractivity contribution in [1.82, 2.24) is 0 Å². The average molecular weight is 361 g/mol. The van der Waals surface area contributed by atoms with Crippen LogP contribution in [0.5, 0.6) is 0 Å². The second-order valence-corrected chi connectivity index (χ2v) is 4.38. The summed E-state index contributed by atoms with van der Waals surface area (Å²) in [6.07, 6.45) is 19.4. The SMILES string of the molecule is [CH2-]CCCCCC/C=C\CCCCCC.[I-].[Mg+2]. The van der Waals surface area contributed by atoms with E-state index in [2.05, 4.69) is 26.0 Å². The first-order valence-corrected chi connectivity index (χ1v) is 6.86. The Kier molecular flexibility index (Phi) is 30.8. The van der Waals surface area contributed by atoms with Crippen LogP contribution in [0.15, 0.2) is 12.2 Å². The summed E-state index contributed by atoms with van der Waals surface area (Å²) in [6, 6.07) is 0. The number of hydrogen-bond acceptors (Lipinski definition) is 0. The van der Waals surface area contributed by atoms with Crippen LogP contribution in [-0.4, -0.2) is 23.1 Å². The second kappa shape index (κ2) is 22.4. The minimum atomic E-state index is 0. The van der Waals surface area contributed by atoms with Crippen molar-refractivity contribution >= 4 is 23.1 Å². The molecule has 0 aliphatic heterocycles. The van der Waals surface area contributed by atoms with E-state index in [1.165, 1.54) is 64.2 Å². The van der Waals surface area contributed by atoms with E-state index in [1.54, 1.807) is 0 Å². The van der Waals surface area contributed by atoms with Gasteiger partial charge in [-0.05, 0) is 25.7 Å². The van der Waals surface area contributed by atoms with Crippen LogP contribution in [0.3, 0.4) is 0 Å². The molecule has 0 radical (unpaired) electrons. The Labute approximate surface area is 143 Å². The summed E-state index contributed by atoms with van der Waals surface area (Å²) in [5, 5.41) is 0. The summed E-state index contributed by atoms with van der Waals surface area (Å²) in [4.78, 5) is 0. The summed E-state index contributed by atoms with van der Waals surface area (Å²) in [7, 11) is 0. The van der Waals surface area contributed by atoms with E-state index in [0.717, 1.165) is 6.42 Å². The first kappa shape index (κ1) is 23.3. The molecule has 0 amide bonds. The first-order valence-electron chi connectivity index (χ1n) is 6.86. The molecule has 0 rings (SSSR count). The topological polar surface area (TPSA) is 0 Å². The van der Waals surface area contributed by atoms with Gasteiger partial charge in [-0.1, -0.05) is 57.6 Å². The van der Waals surface area contributed by atoms with Crippen molar-refractivity contribution in [2.45, 2.75) is 77.6 Å². The van der Waals surface area contributed by atoms with E-state index in [0.29, 0.717) is 0 Å². The molecule has 0 spiro atoms. The number of allylic oxidation sites excluding steroid dienone is 2. The van der Waals surface area contributed by atoms with Gasteiger partial charge in [-0.2, -0.15) is 6.42 Å². The molecule has 0 aliphatic rings. The van der Waals surface area contributed by atoms with E-state index in [9.17, 15) is 0 Å². The van der Waals surface area contributed by atoms with Gasteiger partial charge in [0.1, 0.15) is 0 Å². The smallest absolute Gasteiger partial charge is 1.00 e. The molecule has 0 aromatic rings. The van der Waals surface area contributed by atoms with Crippen LogP contribution >= 0.6 is 0 Å². The van der Waals surface area contributed by atoms with Gasteiger partial charge in [0.05, 0.1) is 0 Å². The predicted octanol–water partition coefficient (Wildman–Crippen LogP) is 2.31. The summed E-state index contributed by atoms with van der Waals surface area (Å²) in [6.45, 7) is 6.12. The molecule has 0 aliphatic carbocycles. The van der Waals surface area contributed by atoms with Gasteiger partial charge < -0.3 is 30.9 Å². The van der Waals surface area contributed by atoms with Gasteiger partial charge in [0, 0.05) is 0 Å². The van der Waals surface area contributed by atoms with E-state index < -0.39 is 0 Å². The quantitative estimate of drug-likeness (QED) is 0.174. The van der Waals surface area contributed by atoms with Crippen LogP contribution < -0.4 is 24.0 Å². The van der Waals surface area contributed by atoms with Crippen LogP contribution in [0.4, 0.5) is 0 Å². The molecule has 0 aromatic carbocycles. The second-order valence-electron chi connectivity index (χ2n) is 4.38. The summed E-state index contributed by atoms with van der Waals surface area (Å²) in [5.41, 5.74) is 0. The van der Waals surface area contributed by atoms with Crippen LogP contribution in [0.25, 0.3) is 0 Å². The monoisotopic (exact) mass is 360 g/mol. The zero-order valence-corrected chi connectivity index (χ0v) is 15.3. The van der Waals surface area contributed by atoms with Crippen molar-refractivity contribution in [2.75, 3.05) is 0 Å². The van der Waals surface area contributed by atoms with E-state index in [1.807, 2.05) is 0 Å². The van der Waals surface area contributed by atoms with Crippen molar-refractivity contribution in [1.29, 1.82) is 0 Å². The number of halogens is 1. The van der Waals surface area contributed by atoms with Crippen molar-refractivity contribution in [3.63, 3.8) is 0 Å². The number of hydrogen-bond donors (Lipinski definition) is 0. The minimum Gasteiger partial charge on any atom is -1.00 e. The fourth-order valence-corrected chi connectivity index (χ4v) is 1.72. The molecule has 17 heavy (non-hydrogen) atoms. The molecule has 0 nitrogen and oxygen atoms in total. The zero-order valence-electron chi connectivity index (χ0n) is 11.7. The zero-order chi connectivity index (χ0) is 11.2. The van der Waals surface area contributed by atoms with Gasteiger partial charge >= 0.3 is 23.1 Å². The summed E-state index contributed by atoms with van der Waals surface area (Å²) in [5.74, 6) is 0. The Balaban J connectivity index is -0.000000980. The third-order valence-corrected chi connectivity index (χ3v) is 2.76. The molecule has 0 atom stereocenters. The molecule has 0 saturated carbocycles. The van der Waals surface area contributed by atoms with Crippen molar-refractivity contribution in [3.8, 4) is 0 Å². The van der Waals surface area contributed by atoms with Crippen LogP contribution in [0, 0.1) is 6.92 Å².